The summed E-state index contributed by atoms with van der Waals surface area (Å²) in [4.78, 5) is 19.9. The highest BCUT2D eigenvalue weighted by Gasteiger charge is 2.12. The van der Waals surface area contributed by atoms with Crippen LogP contribution in [-0.4, -0.2) is 9.97 Å². The summed E-state index contributed by atoms with van der Waals surface area (Å²) in [5, 5.41) is 0.894. The molecule has 4 nitrogen and oxygen atoms in total. The number of aromatic nitrogens is 2. The molecule has 0 saturated heterocycles. The Bertz CT molecular complexity index is 995. The first kappa shape index (κ1) is 11.9. The number of hydrogen-bond donors (Lipinski definition) is 1. The van der Waals surface area contributed by atoms with Crippen molar-refractivity contribution in [2.75, 3.05) is 0 Å². The molecule has 4 rings (SSSR count). The normalized spacial score (nSPS) is 11.3. The zero-order chi connectivity index (χ0) is 14.4. The van der Waals surface area contributed by atoms with E-state index in [1.54, 1.807) is 0 Å². The predicted octanol–water partition coefficient (Wildman–Crippen LogP) is 3.64. The molecule has 0 aliphatic heterocycles. The highest BCUT2D eigenvalue weighted by molar-refractivity contribution is 5.85. The third-order valence-corrected chi connectivity index (χ3v) is 3.60. The molecule has 2 aromatic heterocycles. The van der Waals surface area contributed by atoms with Crippen LogP contribution < -0.4 is 5.63 Å². The van der Waals surface area contributed by atoms with Gasteiger partial charge in [-0.25, -0.2) is 9.78 Å². The average Bonchev–Trinajstić information content (AvgIpc) is 2.91. The summed E-state index contributed by atoms with van der Waals surface area (Å²) in [5.41, 5.74) is 3.37. The van der Waals surface area contributed by atoms with Gasteiger partial charge in [-0.15, -0.1) is 0 Å². The number of aromatic amines is 1. The zero-order valence-electron chi connectivity index (χ0n) is 11.4. The van der Waals surface area contributed by atoms with Crippen LogP contribution in [-0.2, 0) is 0 Å². The second kappa shape index (κ2) is 4.31. The van der Waals surface area contributed by atoms with Gasteiger partial charge >= 0.3 is 5.63 Å². The second-order valence-corrected chi connectivity index (χ2v) is 5.04. The van der Waals surface area contributed by atoms with Gasteiger partial charge in [0.05, 0.1) is 11.0 Å². The van der Waals surface area contributed by atoms with Gasteiger partial charge in [0.25, 0.3) is 0 Å². The summed E-state index contributed by atoms with van der Waals surface area (Å²) in [5.74, 6) is 0.536. The van der Waals surface area contributed by atoms with Crippen LogP contribution in [0.5, 0.6) is 0 Å². The Labute approximate surface area is 120 Å². The molecular formula is C17H12N2O2. The van der Waals surface area contributed by atoms with E-state index in [4.69, 9.17) is 4.42 Å². The number of benzene rings is 2. The maximum Gasteiger partial charge on any atom is 0.347 e. The van der Waals surface area contributed by atoms with E-state index in [-0.39, 0.29) is 5.63 Å². The molecule has 21 heavy (non-hydrogen) atoms. The Morgan fingerprint density at radius 1 is 1.10 bits per heavy atom. The zero-order valence-corrected chi connectivity index (χ0v) is 11.4. The van der Waals surface area contributed by atoms with E-state index >= 15 is 0 Å². The van der Waals surface area contributed by atoms with Crippen LogP contribution in [0.4, 0.5) is 0 Å². The molecule has 0 unspecified atom stereocenters. The molecule has 0 fully saturated rings. The van der Waals surface area contributed by atoms with Crippen molar-refractivity contribution in [1.82, 2.24) is 9.97 Å². The number of para-hydroxylation sites is 3. The molecule has 2 heterocycles. The van der Waals surface area contributed by atoms with E-state index in [0.717, 1.165) is 22.0 Å². The van der Waals surface area contributed by atoms with Gasteiger partial charge < -0.3 is 9.40 Å². The van der Waals surface area contributed by atoms with E-state index in [1.807, 2.05) is 55.5 Å². The summed E-state index contributed by atoms with van der Waals surface area (Å²) in [6, 6.07) is 15.3. The van der Waals surface area contributed by atoms with E-state index in [2.05, 4.69) is 9.97 Å². The number of aryl methyl sites for hydroxylation is 1. The predicted molar refractivity (Wildman–Crippen MR) is 82.3 cm³/mol. The number of hydrogen-bond acceptors (Lipinski definition) is 3. The van der Waals surface area contributed by atoms with Gasteiger partial charge in [0.2, 0.25) is 0 Å². The van der Waals surface area contributed by atoms with Gasteiger partial charge in [0.1, 0.15) is 17.0 Å². The SMILES string of the molecule is Cc1cccc2cc(-c3nc4ccccc4[nH]3)c(=O)oc12. The molecule has 0 atom stereocenters. The number of imidazole rings is 1. The lowest BCUT2D eigenvalue weighted by molar-refractivity contribution is 0.560. The Morgan fingerprint density at radius 3 is 2.81 bits per heavy atom. The van der Waals surface area contributed by atoms with Crippen molar-refractivity contribution < 1.29 is 4.42 Å². The summed E-state index contributed by atoms with van der Waals surface area (Å²) in [7, 11) is 0. The minimum atomic E-state index is -0.379. The summed E-state index contributed by atoms with van der Waals surface area (Å²) in [6.07, 6.45) is 0. The van der Waals surface area contributed by atoms with Gasteiger partial charge in [0, 0.05) is 5.39 Å². The first-order chi connectivity index (χ1) is 10.2. The summed E-state index contributed by atoms with van der Waals surface area (Å²) >= 11 is 0. The average molecular weight is 276 g/mol. The number of rotatable bonds is 1. The molecule has 0 radical (unpaired) electrons. The van der Waals surface area contributed by atoms with Crippen LogP contribution in [0.2, 0.25) is 0 Å². The van der Waals surface area contributed by atoms with Gasteiger partial charge in [-0.2, -0.15) is 0 Å². The molecule has 1 N–H and O–H groups in total. The molecule has 2 aromatic carbocycles. The number of nitrogens with one attached hydrogen (secondary N) is 1. The van der Waals surface area contributed by atoms with Crippen LogP contribution in [0.3, 0.4) is 0 Å². The molecule has 0 spiro atoms. The highest BCUT2D eigenvalue weighted by Crippen LogP contribution is 2.23. The summed E-state index contributed by atoms with van der Waals surface area (Å²) < 4.78 is 5.46. The maximum atomic E-state index is 12.2. The second-order valence-electron chi connectivity index (χ2n) is 5.04. The fraction of sp³-hybridized carbons (Fsp3) is 0.0588. The molecule has 0 bridgehead atoms. The molecule has 0 aliphatic rings. The van der Waals surface area contributed by atoms with Crippen LogP contribution in [0.25, 0.3) is 33.4 Å². The van der Waals surface area contributed by atoms with E-state index in [9.17, 15) is 4.79 Å². The topological polar surface area (TPSA) is 58.9 Å². The Kier molecular flexibility index (Phi) is 2.44. The quantitative estimate of drug-likeness (QED) is 0.540. The third-order valence-electron chi connectivity index (χ3n) is 3.60. The molecule has 4 aromatic rings. The Balaban J connectivity index is 2.01. The number of H-pyrrole nitrogens is 1. The molecule has 4 heteroatoms. The van der Waals surface area contributed by atoms with E-state index < -0.39 is 0 Å². The van der Waals surface area contributed by atoms with Crippen LogP contribution >= 0.6 is 0 Å². The van der Waals surface area contributed by atoms with Crippen molar-refractivity contribution in [3.05, 3.63) is 64.5 Å². The van der Waals surface area contributed by atoms with Crippen LogP contribution in [0.1, 0.15) is 5.56 Å². The lowest BCUT2D eigenvalue weighted by Gasteiger charge is -2.02. The molecular weight excluding hydrogens is 264 g/mol. The smallest absolute Gasteiger partial charge is 0.347 e. The monoisotopic (exact) mass is 276 g/mol. The van der Waals surface area contributed by atoms with Gasteiger partial charge in [0.15, 0.2) is 0 Å². The van der Waals surface area contributed by atoms with Gasteiger partial charge in [-0.1, -0.05) is 30.3 Å². The van der Waals surface area contributed by atoms with Crippen molar-refractivity contribution in [2.45, 2.75) is 6.92 Å². The fourth-order valence-corrected chi connectivity index (χ4v) is 2.54. The first-order valence-electron chi connectivity index (χ1n) is 6.71. The van der Waals surface area contributed by atoms with Crippen molar-refractivity contribution in [1.29, 1.82) is 0 Å². The van der Waals surface area contributed by atoms with Crippen LogP contribution in [0, 0.1) is 6.92 Å². The fourth-order valence-electron chi connectivity index (χ4n) is 2.54. The lowest BCUT2D eigenvalue weighted by atomic mass is 10.1. The minimum absolute atomic E-state index is 0.379. The Hall–Kier alpha value is -2.88. The molecule has 0 amide bonds. The van der Waals surface area contributed by atoms with Gasteiger partial charge in [-0.3, -0.25) is 0 Å². The summed E-state index contributed by atoms with van der Waals surface area (Å²) in [6.45, 7) is 1.92. The molecule has 102 valence electrons. The number of nitrogens with zero attached hydrogens (tertiary/aromatic N) is 1. The van der Waals surface area contributed by atoms with E-state index in [0.29, 0.717) is 17.0 Å². The Morgan fingerprint density at radius 2 is 1.95 bits per heavy atom. The van der Waals surface area contributed by atoms with Crippen molar-refractivity contribution >= 4 is 22.0 Å². The highest BCUT2D eigenvalue weighted by atomic mass is 16.4. The number of fused-ring (bicyclic) bond motifs is 2. The molecule has 0 saturated carbocycles. The minimum Gasteiger partial charge on any atom is -0.422 e. The van der Waals surface area contributed by atoms with Crippen LogP contribution in [0.15, 0.2) is 57.7 Å². The standard InChI is InChI=1S/C17H12N2O2/c1-10-5-4-6-11-9-12(17(20)21-15(10)11)16-18-13-7-2-3-8-14(13)19-16/h2-9H,1H3,(H,18,19). The lowest BCUT2D eigenvalue weighted by Crippen LogP contribution is -2.04. The van der Waals surface area contributed by atoms with Crippen molar-refractivity contribution in [3.8, 4) is 11.4 Å². The van der Waals surface area contributed by atoms with Crippen molar-refractivity contribution in [3.63, 3.8) is 0 Å². The molecule has 0 aliphatic carbocycles. The van der Waals surface area contributed by atoms with Crippen molar-refractivity contribution in [2.24, 2.45) is 0 Å². The largest absolute Gasteiger partial charge is 0.422 e. The first-order valence-corrected chi connectivity index (χ1v) is 6.71. The van der Waals surface area contributed by atoms with E-state index in [1.165, 1.54) is 0 Å². The maximum absolute atomic E-state index is 12.2. The third kappa shape index (κ3) is 1.84. The van der Waals surface area contributed by atoms with Gasteiger partial charge in [-0.05, 0) is 30.7 Å².